The Morgan fingerprint density at radius 3 is 2.68 bits per heavy atom. The molecule has 1 atom stereocenters. The van der Waals surface area contributed by atoms with Gasteiger partial charge in [-0.25, -0.2) is 4.79 Å². The summed E-state index contributed by atoms with van der Waals surface area (Å²) < 4.78 is 0. The van der Waals surface area contributed by atoms with Crippen molar-refractivity contribution in [2.75, 3.05) is 0 Å². The lowest BCUT2D eigenvalue weighted by Gasteiger charge is -2.12. The number of hydrogen-bond donors (Lipinski definition) is 3. The molecule has 0 fully saturated rings. The van der Waals surface area contributed by atoms with Crippen molar-refractivity contribution in [3.8, 4) is 0 Å². The molecule has 19 heavy (non-hydrogen) atoms. The Bertz CT molecular complexity index is 445. The van der Waals surface area contributed by atoms with Crippen molar-refractivity contribution in [1.29, 1.82) is 0 Å². The summed E-state index contributed by atoms with van der Waals surface area (Å²) in [4.78, 5) is 34.2. The summed E-state index contributed by atoms with van der Waals surface area (Å²) in [5, 5.41) is 13.1. The van der Waals surface area contributed by atoms with E-state index in [1.165, 1.54) is 4.88 Å². The second-order valence-electron chi connectivity index (χ2n) is 4.06. The molecule has 0 aliphatic carbocycles. The van der Waals surface area contributed by atoms with Crippen LogP contribution < -0.4 is 11.1 Å². The van der Waals surface area contributed by atoms with Gasteiger partial charge in [0.25, 0.3) is 0 Å². The first-order chi connectivity index (χ1) is 8.99. The highest BCUT2D eigenvalue weighted by Gasteiger charge is 2.21. The van der Waals surface area contributed by atoms with Gasteiger partial charge in [-0.2, -0.15) is 0 Å². The van der Waals surface area contributed by atoms with Gasteiger partial charge in [-0.15, -0.1) is 11.3 Å². The van der Waals surface area contributed by atoms with Gasteiger partial charge in [-0.05, 0) is 24.3 Å². The normalized spacial score (nSPS) is 11.8. The second-order valence-corrected chi connectivity index (χ2v) is 5.09. The first-order valence-corrected chi connectivity index (χ1v) is 6.70. The van der Waals surface area contributed by atoms with Crippen LogP contribution in [0.2, 0.25) is 0 Å². The first kappa shape index (κ1) is 15.2. The standard InChI is InChI=1S/C12H16N2O4S/c13-10(15)7-9(12(17)18)14-11(16)5-1-3-8-4-2-6-19-8/h2,4,6,9H,1,3,5,7H2,(H2,13,15)(H,14,16)(H,17,18)/t9-/m1/s1. The van der Waals surface area contributed by atoms with E-state index >= 15 is 0 Å². The monoisotopic (exact) mass is 284 g/mol. The molecule has 0 aromatic carbocycles. The summed E-state index contributed by atoms with van der Waals surface area (Å²) in [6, 6.07) is 2.68. The van der Waals surface area contributed by atoms with Crippen molar-refractivity contribution >= 4 is 29.1 Å². The molecule has 1 rings (SSSR count). The second kappa shape index (κ2) is 7.52. The number of primary amides is 1. The third kappa shape index (κ3) is 6.01. The van der Waals surface area contributed by atoms with Crippen molar-refractivity contribution in [1.82, 2.24) is 5.32 Å². The van der Waals surface area contributed by atoms with Gasteiger partial charge in [0.2, 0.25) is 11.8 Å². The van der Waals surface area contributed by atoms with E-state index in [0.29, 0.717) is 6.42 Å². The molecule has 0 aliphatic heterocycles. The molecule has 104 valence electrons. The van der Waals surface area contributed by atoms with E-state index < -0.39 is 24.3 Å². The van der Waals surface area contributed by atoms with E-state index in [-0.39, 0.29) is 12.3 Å². The Hall–Kier alpha value is -1.89. The molecule has 0 radical (unpaired) electrons. The quantitative estimate of drug-likeness (QED) is 0.646. The van der Waals surface area contributed by atoms with Crippen molar-refractivity contribution in [3.05, 3.63) is 22.4 Å². The summed E-state index contributed by atoms with van der Waals surface area (Å²) in [5.74, 6) is -2.40. The van der Waals surface area contributed by atoms with Crippen molar-refractivity contribution in [2.45, 2.75) is 31.7 Å². The van der Waals surface area contributed by atoms with E-state index in [2.05, 4.69) is 5.32 Å². The number of aliphatic carboxylic acids is 1. The maximum atomic E-state index is 11.5. The smallest absolute Gasteiger partial charge is 0.326 e. The molecule has 1 aromatic rings. The number of carboxylic acid groups (broad SMARTS) is 1. The van der Waals surface area contributed by atoms with Gasteiger partial charge in [0.15, 0.2) is 0 Å². The summed E-state index contributed by atoms with van der Waals surface area (Å²) in [6.45, 7) is 0. The molecule has 1 heterocycles. The van der Waals surface area contributed by atoms with E-state index in [1.54, 1.807) is 11.3 Å². The van der Waals surface area contributed by atoms with Gasteiger partial charge in [-0.1, -0.05) is 6.07 Å². The number of thiophene rings is 1. The number of rotatable bonds is 8. The Balaban J connectivity index is 2.32. The minimum absolute atomic E-state index is 0.223. The molecule has 0 aliphatic rings. The first-order valence-electron chi connectivity index (χ1n) is 5.82. The van der Waals surface area contributed by atoms with Gasteiger partial charge >= 0.3 is 5.97 Å². The Morgan fingerprint density at radius 1 is 1.42 bits per heavy atom. The van der Waals surface area contributed by atoms with Crippen LogP contribution in [0.25, 0.3) is 0 Å². The lowest BCUT2D eigenvalue weighted by molar-refractivity contribution is -0.143. The van der Waals surface area contributed by atoms with Crippen LogP contribution in [0, 0.1) is 0 Å². The molecular formula is C12H16N2O4S. The highest BCUT2D eigenvalue weighted by Crippen LogP contribution is 2.11. The largest absolute Gasteiger partial charge is 0.480 e. The number of carboxylic acids is 1. The third-order valence-electron chi connectivity index (χ3n) is 2.45. The summed E-state index contributed by atoms with van der Waals surface area (Å²) >= 11 is 1.61. The lowest BCUT2D eigenvalue weighted by Crippen LogP contribution is -2.43. The molecule has 0 unspecified atom stereocenters. The van der Waals surface area contributed by atoms with Crippen molar-refractivity contribution in [3.63, 3.8) is 0 Å². The van der Waals surface area contributed by atoms with Crippen LogP contribution in [-0.2, 0) is 20.8 Å². The van der Waals surface area contributed by atoms with Gasteiger partial charge in [0, 0.05) is 11.3 Å². The molecule has 0 bridgehead atoms. The zero-order chi connectivity index (χ0) is 14.3. The Morgan fingerprint density at radius 2 is 2.16 bits per heavy atom. The molecule has 6 nitrogen and oxygen atoms in total. The molecule has 1 aromatic heterocycles. The van der Waals surface area contributed by atoms with Crippen molar-refractivity contribution in [2.24, 2.45) is 5.73 Å². The molecule has 0 spiro atoms. The van der Waals surface area contributed by atoms with Crippen LogP contribution in [0.3, 0.4) is 0 Å². The Labute approximate surface area is 114 Å². The van der Waals surface area contributed by atoms with E-state index in [4.69, 9.17) is 10.8 Å². The fourth-order valence-corrected chi connectivity index (χ4v) is 2.30. The third-order valence-corrected chi connectivity index (χ3v) is 3.38. The molecule has 7 heteroatoms. The minimum atomic E-state index is -1.26. The van der Waals surface area contributed by atoms with Crippen LogP contribution >= 0.6 is 11.3 Å². The van der Waals surface area contributed by atoms with Gasteiger partial charge in [0.05, 0.1) is 6.42 Å². The summed E-state index contributed by atoms with van der Waals surface area (Å²) in [6.07, 6.45) is 1.24. The molecule has 0 saturated heterocycles. The lowest BCUT2D eigenvalue weighted by atomic mass is 10.1. The maximum absolute atomic E-state index is 11.5. The van der Waals surface area contributed by atoms with Crippen LogP contribution in [-0.4, -0.2) is 28.9 Å². The molecule has 4 N–H and O–H groups in total. The molecule has 0 saturated carbocycles. The highest BCUT2D eigenvalue weighted by atomic mass is 32.1. The van der Waals surface area contributed by atoms with Crippen molar-refractivity contribution < 1.29 is 19.5 Å². The van der Waals surface area contributed by atoms with Crippen LogP contribution in [0.5, 0.6) is 0 Å². The van der Waals surface area contributed by atoms with Gasteiger partial charge in [-0.3, -0.25) is 9.59 Å². The van der Waals surface area contributed by atoms with Gasteiger partial charge < -0.3 is 16.2 Å². The van der Waals surface area contributed by atoms with E-state index in [1.807, 2.05) is 17.5 Å². The number of nitrogens with two attached hydrogens (primary N) is 1. The highest BCUT2D eigenvalue weighted by molar-refractivity contribution is 7.09. The predicted molar refractivity (Wildman–Crippen MR) is 70.6 cm³/mol. The fourth-order valence-electron chi connectivity index (χ4n) is 1.55. The number of amides is 2. The van der Waals surface area contributed by atoms with Crippen LogP contribution in [0.1, 0.15) is 24.1 Å². The average Bonchev–Trinajstić information content (AvgIpc) is 2.80. The summed E-state index contributed by atoms with van der Waals surface area (Å²) in [5.41, 5.74) is 4.92. The van der Waals surface area contributed by atoms with E-state index in [0.717, 1.165) is 6.42 Å². The maximum Gasteiger partial charge on any atom is 0.326 e. The molecular weight excluding hydrogens is 268 g/mol. The Kier molecular flexibility index (Phi) is 6.01. The van der Waals surface area contributed by atoms with Gasteiger partial charge in [0.1, 0.15) is 6.04 Å². The zero-order valence-corrected chi connectivity index (χ0v) is 11.1. The topological polar surface area (TPSA) is 109 Å². The summed E-state index contributed by atoms with van der Waals surface area (Å²) in [7, 11) is 0. The van der Waals surface area contributed by atoms with Crippen LogP contribution in [0.15, 0.2) is 17.5 Å². The number of carbonyl (C=O) groups is 3. The minimum Gasteiger partial charge on any atom is -0.480 e. The van der Waals surface area contributed by atoms with Crippen LogP contribution in [0.4, 0.5) is 0 Å². The average molecular weight is 284 g/mol. The number of hydrogen-bond acceptors (Lipinski definition) is 4. The number of nitrogens with one attached hydrogen (secondary N) is 1. The van der Waals surface area contributed by atoms with E-state index in [9.17, 15) is 14.4 Å². The predicted octanol–water partition coefficient (Wildman–Crippen LogP) is 0.516. The number of aryl methyl sites for hydroxylation is 1. The fraction of sp³-hybridized carbons (Fsp3) is 0.417. The molecule has 2 amide bonds. The zero-order valence-electron chi connectivity index (χ0n) is 10.3. The SMILES string of the molecule is NC(=O)C[C@@H](NC(=O)CCCc1cccs1)C(=O)O. The number of carbonyl (C=O) groups excluding carboxylic acids is 2.